The van der Waals surface area contributed by atoms with Gasteiger partial charge in [0.25, 0.3) is 0 Å². The first-order valence-electron chi connectivity index (χ1n) is 8.20. The van der Waals surface area contributed by atoms with Crippen molar-refractivity contribution in [1.82, 2.24) is 0 Å². The summed E-state index contributed by atoms with van der Waals surface area (Å²) in [6, 6.07) is 20.0. The fourth-order valence-corrected chi connectivity index (χ4v) is 3.07. The van der Waals surface area contributed by atoms with Crippen LogP contribution in [0.1, 0.15) is 23.3 Å². The molecule has 0 aromatic heterocycles. The fourth-order valence-electron chi connectivity index (χ4n) is 2.42. The average Bonchev–Trinajstić information content (AvgIpc) is 2.72. The molecule has 28 heavy (non-hydrogen) atoms. The smallest absolute Gasteiger partial charge is 0.480 e. The summed E-state index contributed by atoms with van der Waals surface area (Å²) in [6.45, 7) is 5.00. The van der Waals surface area contributed by atoms with Crippen LogP contribution in [0.2, 0.25) is 0 Å². The van der Waals surface area contributed by atoms with E-state index in [9.17, 15) is 14.7 Å². The molecule has 3 rings (SSSR count). The van der Waals surface area contributed by atoms with Gasteiger partial charge in [-0.25, -0.2) is 11.8 Å². The molecule has 0 radical (unpaired) electrons. The van der Waals surface area contributed by atoms with Gasteiger partial charge in [0.2, 0.25) is 0 Å². The van der Waals surface area contributed by atoms with Gasteiger partial charge in [0.15, 0.2) is 0 Å². The van der Waals surface area contributed by atoms with Gasteiger partial charge in [-0.1, -0.05) is 60.0 Å². The van der Waals surface area contributed by atoms with Gasteiger partial charge in [0.1, 0.15) is 5.25 Å². The molecule has 0 aliphatic heterocycles. The van der Waals surface area contributed by atoms with Gasteiger partial charge >= 0.3 is 24.8 Å². The minimum atomic E-state index is -0.973. The number of hydrogen-bond acceptors (Lipinski definition) is 4. The van der Waals surface area contributed by atoms with Crippen LogP contribution >= 0.6 is 11.8 Å². The zero-order valence-electron chi connectivity index (χ0n) is 15.8. The number of rotatable bonds is 6. The van der Waals surface area contributed by atoms with Gasteiger partial charge in [-0.15, -0.1) is 17.3 Å². The zero-order valence-corrected chi connectivity index (χ0v) is 16.6. The molecule has 0 bridgehead atoms. The predicted molar refractivity (Wildman–Crippen MR) is 111 cm³/mol. The van der Waals surface area contributed by atoms with Gasteiger partial charge in [-0.05, 0) is 10.9 Å². The van der Waals surface area contributed by atoms with Crippen LogP contribution in [0.3, 0.4) is 0 Å². The van der Waals surface area contributed by atoms with Crippen LogP contribution in [-0.4, -0.2) is 22.9 Å². The second-order valence-corrected chi connectivity index (χ2v) is 6.16. The van der Waals surface area contributed by atoms with Crippen molar-refractivity contribution in [2.75, 3.05) is 0 Å². The summed E-state index contributed by atoms with van der Waals surface area (Å²) in [5.41, 5.74) is 4.09. The molecule has 4 nitrogen and oxygen atoms in total. The Morgan fingerprint density at radius 2 is 1.61 bits per heavy atom. The number of fused-ring (bicyclic) bond motifs is 1. The Hall–Kier alpha value is -2.32. The van der Waals surface area contributed by atoms with E-state index in [4.69, 9.17) is 0 Å². The Morgan fingerprint density at radius 1 is 1.04 bits per heavy atom. The van der Waals surface area contributed by atoms with Crippen molar-refractivity contribution in [3.8, 4) is 0 Å². The summed E-state index contributed by atoms with van der Waals surface area (Å²) in [6.07, 6.45) is 1.87. The Kier molecular flexibility index (Phi) is 10.3. The molecule has 0 saturated heterocycles. The SMILES string of the molecule is O=[C-]c1cc2ccccc2cc1N=[C-]SC(C(=O)O)c1ccccc1.[CH2-]C.[Li+]. The number of carbonyl (C=O) groups excluding carboxylic acids is 1. The predicted octanol–water partition coefficient (Wildman–Crippen LogP) is 2.24. The maximum atomic E-state index is 11.5. The van der Waals surface area contributed by atoms with E-state index in [-0.39, 0.29) is 18.9 Å². The molecule has 0 spiro atoms. The number of carbonyl (C=O) groups is 1. The first-order valence-corrected chi connectivity index (χ1v) is 9.08. The molecule has 1 atom stereocenters. The van der Waals surface area contributed by atoms with Gasteiger partial charge < -0.3 is 21.8 Å². The Bertz CT molecular complexity index is 945. The van der Waals surface area contributed by atoms with E-state index in [1.54, 1.807) is 43.3 Å². The molecule has 0 aliphatic rings. The second kappa shape index (κ2) is 12.2. The molecule has 0 amide bonds. The summed E-state index contributed by atoms with van der Waals surface area (Å²) >= 11 is 0.956. The number of carboxylic acids is 1. The molecule has 0 saturated carbocycles. The van der Waals surface area contributed by atoms with Crippen molar-refractivity contribution < 1.29 is 33.6 Å². The van der Waals surface area contributed by atoms with E-state index in [0.29, 0.717) is 16.8 Å². The molecule has 3 aromatic carbocycles. The molecular formula is C22H18LiNO3S-2. The summed E-state index contributed by atoms with van der Waals surface area (Å²) < 4.78 is 0. The third-order valence-corrected chi connectivity index (χ3v) is 4.54. The van der Waals surface area contributed by atoms with E-state index in [1.165, 1.54) is 0 Å². The monoisotopic (exact) mass is 383 g/mol. The number of aliphatic imine (C=N–C) groups is 1. The van der Waals surface area contributed by atoms with Crippen LogP contribution < -0.4 is 18.9 Å². The molecule has 0 aliphatic carbocycles. The Morgan fingerprint density at radius 3 is 2.18 bits per heavy atom. The number of aliphatic carboxylic acids is 1. The van der Waals surface area contributed by atoms with Crippen LogP contribution in [0, 0.1) is 6.92 Å². The number of carboxylic acid groups (broad SMARTS) is 1. The zero-order chi connectivity index (χ0) is 19.6. The van der Waals surface area contributed by atoms with E-state index < -0.39 is 11.2 Å². The number of nitrogens with zero attached hydrogens (tertiary/aromatic N) is 1. The van der Waals surface area contributed by atoms with Crippen LogP contribution in [0.5, 0.6) is 0 Å². The molecule has 138 valence electrons. The molecule has 3 aromatic rings. The number of hydrogen-bond donors (Lipinski definition) is 1. The van der Waals surface area contributed by atoms with E-state index in [2.05, 4.69) is 17.5 Å². The molecule has 6 heteroatoms. The number of benzene rings is 3. The minimum absolute atomic E-state index is 0. The maximum Gasteiger partial charge on any atom is 1.00 e. The average molecular weight is 383 g/mol. The van der Waals surface area contributed by atoms with Crippen LogP contribution in [0.15, 0.2) is 71.7 Å². The van der Waals surface area contributed by atoms with E-state index in [1.807, 2.05) is 36.6 Å². The minimum Gasteiger partial charge on any atom is -0.480 e. The normalized spacial score (nSPS) is 11.2. The summed E-state index contributed by atoms with van der Waals surface area (Å²) in [5, 5.41) is 10.4. The summed E-state index contributed by atoms with van der Waals surface area (Å²) in [7, 11) is 0. The van der Waals surface area contributed by atoms with Crippen molar-refractivity contribution in [3.05, 3.63) is 84.8 Å². The Balaban J connectivity index is 0.00000127. The Labute approximate surface area is 181 Å². The van der Waals surface area contributed by atoms with Crippen molar-refractivity contribution in [3.63, 3.8) is 0 Å². The fraction of sp³-hybridized carbons (Fsp3) is 0.0909. The topological polar surface area (TPSA) is 66.7 Å². The largest absolute Gasteiger partial charge is 1.00 e. The summed E-state index contributed by atoms with van der Waals surface area (Å²) in [5.74, 6) is -0.973. The van der Waals surface area contributed by atoms with Gasteiger partial charge in [-0.3, -0.25) is 4.79 Å². The van der Waals surface area contributed by atoms with Crippen molar-refractivity contribution in [2.24, 2.45) is 4.99 Å². The van der Waals surface area contributed by atoms with Gasteiger partial charge in [0.05, 0.1) is 6.29 Å². The van der Waals surface area contributed by atoms with Gasteiger partial charge in [0, 0.05) is 0 Å². The first-order chi connectivity index (χ1) is 13.2. The first kappa shape index (κ1) is 23.7. The molecule has 0 heterocycles. The van der Waals surface area contributed by atoms with Crippen LogP contribution in [0.25, 0.3) is 10.8 Å². The molecule has 1 N–H and O–H groups in total. The molecule has 1 unspecified atom stereocenters. The van der Waals surface area contributed by atoms with Crippen LogP contribution in [0.4, 0.5) is 5.69 Å². The van der Waals surface area contributed by atoms with Crippen LogP contribution in [-0.2, 0) is 9.59 Å². The van der Waals surface area contributed by atoms with Crippen molar-refractivity contribution in [2.45, 2.75) is 12.2 Å². The maximum absolute atomic E-state index is 11.5. The van der Waals surface area contributed by atoms with E-state index >= 15 is 0 Å². The van der Waals surface area contributed by atoms with E-state index in [0.717, 1.165) is 22.5 Å². The third-order valence-electron chi connectivity index (χ3n) is 3.64. The summed E-state index contributed by atoms with van der Waals surface area (Å²) in [4.78, 5) is 26.8. The third kappa shape index (κ3) is 6.10. The molecular weight excluding hydrogens is 365 g/mol. The molecule has 0 fully saturated rings. The van der Waals surface area contributed by atoms with Gasteiger partial charge in [-0.2, -0.15) is 18.6 Å². The second-order valence-electron chi connectivity index (χ2n) is 5.27. The standard InChI is InChI=1S/C20H13NO3S.C2H5.Li/c22-12-17-10-15-8-4-5-9-16(15)11-18(17)21-13-25-19(20(23)24)14-6-2-1-3-7-14;1-2;/h1-11,19H,(H,23,24);1H2,2H3;/q-2;-1;+1. The number of thioether (sulfide) groups is 1. The van der Waals surface area contributed by atoms with Crippen molar-refractivity contribution >= 4 is 46.0 Å². The quantitative estimate of drug-likeness (QED) is 0.307. The van der Waals surface area contributed by atoms with Crippen molar-refractivity contribution in [1.29, 1.82) is 0 Å².